The molecule has 1 aliphatic rings. The van der Waals surface area contributed by atoms with Crippen molar-refractivity contribution in [1.29, 1.82) is 0 Å². The first-order chi connectivity index (χ1) is 8.64. The number of hydrogen-bond donors (Lipinski definition) is 1. The van der Waals surface area contributed by atoms with Crippen LogP contribution in [0.2, 0.25) is 0 Å². The lowest BCUT2D eigenvalue weighted by Gasteiger charge is -2.39. The summed E-state index contributed by atoms with van der Waals surface area (Å²) >= 11 is 0. The monoisotopic (exact) mass is 249 g/mol. The molecule has 0 aromatic rings. The molecule has 1 N–H and O–H groups in total. The molecule has 0 aliphatic heterocycles. The lowest BCUT2D eigenvalue weighted by atomic mass is 9.71. The highest BCUT2D eigenvalue weighted by atomic mass is 14.9. The fraction of sp³-hybridized carbons (Fsp3) is 0.882. The van der Waals surface area contributed by atoms with Gasteiger partial charge in [0.05, 0.1) is 0 Å². The minimum atomic E-state index is 0.521. The molecule has 1 fully saturated rings. The number of hydrogen-bond acceptors (Lipinski definition) is 1. The summed E-state index contributed by atoms with van der Waals surface area (Å²) in [6.45, 7) is 10.1. The first kappa shape index (κ1) is 15.6. The highest BCUT2D eigenvalue weighted by Gasteiger charge is 2.40. The third-order valence-corrected chi connectivity index (χ3v) is 4.28. The molecular formula is C17H31N. The van der Waals surface area contributed by atoms with Gasteiger partial charge < -0.3 is 5.32 Å². The van der Waals surface area contributed by atoms with Crippen molar-refractivity contribution in [3.63, 3.8) is 0 Å². The summed E-state index contributed by atoms with van der Waals surface area (Å²) in [6, 6.07) is 0.606. The Morgan fingerprint density at radius 3 is 2.39 bits per heavy atom. The Hall–Kier alpha value is -0.480. The summed E-state index contributed by atoms with van der Waals surface area (Å²) in [5.74, 6) is 7.19. The van der Waals surface area contributed by atoms with Crippen LogP contribution in [-0.2, 0) is 0 Å². The van der Waals surface area contributed by atoms with E-state index in [1.807, 2.05) is 6.92 Å². The molecule has 1 rings (SSSR count). The molecule has 18 heavy (non-hydrogen) atoms. The Kier molecular flexibility index (Phi) is 6.79. The van der Waals surface area contributed by atoms with Crippen LogP contribution >= 0.6 is 0 Å². The molecule has 1 saturated carbocycles. The maximum Gasteiger partial charge on any atom is 0.0248 e. The second-order valence-electron chi connectivity index (χ2n) is 6.31. The van der Waals surface area contributed by atoms with Crippen LogP contribution in [0.4, 0.5) is 0 Å². The minimum Gasteiger partial charge on any atom is -0.312 e. The van der Waals surface area contributed by atoms with Crippen molar-refractivity contribution in [2.75, 3.05) is 6.54 Å². The molecule has 0 saturated heterocycles. The van der Waals surface area contributed by atoms with Crippen molar-refractivity contribution in [2.45, 2.75) is 78.7 Å². The zero-order valence-electron chi connectivity index (χ0n) is 12.8. The van der Waals surface area contributed by atoms with Crippen LogP contribution in [0.15, 0.2) is 0 Å². The lowest BCUT2D eigenvalue weighted by Crippen LogP contribution is -2.44. The van der Waals surface area contributed by atoms with Crippen LogP contribution in [0.3, 0.4) is 0 Å². The van der Waals surface area contributed by atoms with E-state index in [4.69, 9.17) is 0 Å². The SMILES string of the molecule is CC#CCC(NCCC)C1(CC(C)C)CCCC1. The maximum absolute atomic E-state index is 3.79. The summed E-state index contributed by atoms with van der Waals surface area (Å²) < 4.78 is 0. The van der Waals surface area contributed by atoms with E-state index in [0.717, 1.165) is 18.9 Å². The van der Waals surface area contributed by atoms with Gasteiger partial charge in [-0.2, -0.15) is 0 Å². The Labute approximate surface area is 114 Å². The highest BCUT2D eigenvalue weighted by molar-refractivity contribution is 5.04. The molecule has 0 heterocycles. The summed E-state index contributed by atoms with van der Waals surface area (Å²) in [6.07, 6.45) is 9.24. The Morgan fingerprint density at radius 2 is 1.89 bits per heavy atom. The molecule has 0 bridgehead atoms. The van der Waals surface area contributed by atoms with Gasteiger partial charge in [-0.3, -0.25) is 0 Å². The molecule has 104 valence electrons. The van der Waals surface area contributed by atoms with E-state index >= 15 is 0 Å². The standard InChI is InChI=1S/C17H31N/c1-5-7-10-16(18-13-6-2)17(14-15(3)4)11-8-9-12-17/h15-16,18H,6,8-14H2,1-4H3. The first-order valence-electron chi connectivity index (χ1n) is 7.77. The molecule has 0 aromatic heterocycles. The van der Waals surface area contributed by atoms with Gasteiger partial charge in [0.25, 0.3) is 0 Å². The Balaban J connectivity index is 2.77. The quantitative estimate of drug-likeness (QED) is 0.660. The van der Waals surface area contributed by atoms with Crippen molar-refractivity contribution in [3.8, 4) is 11.8 Å². The van der Waals surface area contributed by atoms with Gasteiger partial charge in [-0.25, -0.2) is 0 Å². The fourth-order valence-electron chi connectivity index (χ4n) is 3.61. The van der Waals surface area contributed by atoms with Crippen molar-refractivity contribution < 1.29 is 0 Å². The first-order valence-corrected chi connectivity index (χ1v) is 7.77. The average Bonchev–Trinajstić information content (AvgIpc) is 2.77. The third-order valence-electron chi connectivity index (χ3n) is 4.28. The average molecular weight is 249 g/mol. The molecule has 1 heteroatoms. The van der Waals surface area contributed by atoms with Crippen LogP contribution in [-0.4, -0.2) is 12.6 Å². The zero-order chi connectivity index (χ0) is 13.4. The van der Waals surface area contributed by atoms with E-state index in [1.165, 1.54) is 38.5 Å². The summed E-state index contributed by atoms with van der Waals surface area (Å²) in [5.41, 5.74) is 0.521. The third kappa shape index (κ3) is 4.32. The van der Waals surface area contributed by atoms with Gasteiger partial charge >= 0.3 is 0 Å². The normalized spacial score (nSPS) is 19.6. The zero-order valence-corrected chi connectivity index (χ0v) is 12.8. The smallest absolute Gasteiger partial charge is 0.0248 e. The molecule has 1 atom stereocenters. The van der Waals surface area contributed by atoms with Gasteiger partial charge in [0.1, 0.15) is 0 Å². The van der Waals surface area contributed by atoms with E-state index in [2.05, 4.69) is 37.9 Å². The van der Waals surface area contributed by atoms with Crippen molar-refractivity contribution in [1.82, 2.24) is 5.32 Å². The predicted octanol–water partition coefficient (Wildman–Crippen LogP) is 4.37. The molecule has 0 radical (unpaired) electrons. The van der Waals surface area contributed by atoms with Crippen LogP contribution in [0.1, 0.15) is 72.6 Å². The van der Waals surface area contributed by atoms with Gasteiger partial charge in [-0.15, -0.1) is 11.8 Å². The predicted molar refractivity (Wildman–Crippen MR) is 80.5 cm³/mol. The van der Waals surface area contributed by atoms with Crippen LogP contribution in [0.5, 0.6) is 0 Å². The van der Waals surface area contributed by atoms with E-state index < -0.39 is 0 Å². The summed E-state index contributed by atoms with van der Waals surface area (Å²) in [7, 11) is 0. The summed E-state index contributed by atoms with van der Waals surface area (Å²) in [5, 5.41) is 3.79. The second kappa shape index (κ2) is 7.85. The number of nitrogens with one attached hydrogen (secondary N) is 1. The van der Waals surface area contributed by atoms with Gasteiger partial charge in [0.2, 0.25) is 0 Å². The molecule has 0 amide bonds. The van der Waals surface area contributed by atoms with Crippen molar-refractivity contribution >= 4 is 0 Å². The van der Waals surface area contributed by atoms with Gasteiger partial charge in [-0.05, 0) is 50.5 Å². The van der Waals surface area contributed by atoms with Crippen molar-refractivity contribution in [3.05, 3.63) is 0 Å². The van der Waals surface area contributed by atoms with Crippen molar-refractivity contribution in [2.24, 2.45) is 11.3 Å². The highest BCUT2D eigenvalue weighted by Crippen LogP contribution is 2.46. The maximum atomic E-state index is 3.79. The lowest BCUT2D eigenvalue weighted by molar-refractivity contribution is 0.157. The van der Waals surface area contributed by atoms with E-state index in [1.54, 1.807) is 0 Å². The second-order valence-corrected chi connectivity index (χ2v) is 6.31. The molecule has 1 unspecified atom stereocenters. The Bertz CT molecular complexity index is 276. The molecular weight excluding hydrogens is 218 g/mol. The van der Waals surface area contributed by atoms with Gasteiger partial charge in [0, 0.05) is 12.5 Å². The summed E-state index contributed by atoms with van der Waals surface area (Å²) in [4.78, 5) is 0. The Morgan fingerprint density at radius 1 is 1.22 bits per heavy atom. The van der Waals surface area contributed by atoms with E-state index in [0.29, 0.717) is 11.5 Å². The molecule has 1 nitrogen and oxygen atoms in total. The molecule has 1 aliphatic carbocycles. The van der Waals surface area contributed by atoms with Gasteiger partial charge in [-0.1, -0.05) is 33.6 Å². The topological polar surface area (TPSA) is 12.0 Å². The van der Waals surface area contributed by atoms with E-state index in [-0.39, 0.29) is 0 Å². The largest absolute Gasteiger partial charge is 0.312 e. The van der Waals surface area contributed by atoms with Crippen LogP contribution < -0.4 is 5.32 Å². The van der Waals surface area contributed by atoms with Crippen LogP contribution in [0, 0.1) is 23.2 Å². The minimum absolute atomic E-state index is 0.521. The van der Waals surface area contributed by atoms with E-state index in [9.17, 15) is 0 Å². The fourth-order valence-corrected chi connectivity index (χ4v) is 3.61. The molecule has 0 aromatic carbocycles. The number of rotatable bonds is 7. The van der Waals surface area contributed by atoms with Crippen LogP contribution in [0.25, 0.3) is 0 Å². The molecule has 0 spiro atoms. The van der Waals surface area contributed by atoms with Gasteiger partial charge in [0.15, 0.2) is 0 Å².